The second-order valence-corrected chi connectivity index (χ2v) is 7.68. The molecule has 2 N–H and O–H groups in total. The second-order valence-electron chi connectivity index (χ2n) is 5.59. The van der Waals surface area contributed by atoms with Gasteiger partial charge in [-0.15, -0.1) is 0 Å². The van der Waals surface area contributed by atoms with Gasteiger partial charge in [-0.2, -0.15) is 22.1 Å². The first-order valence-corrected chi connectivity index (χ1v) is 8.55. The van der Waals surface area contributed by atoms with E-state index in [2.05, 4.69) is 10.1 Å². The molecular formula is C13H18N6O3S. The van der Waals surface area contributed by atoms with Gasteiger partial charge in [-0.25, -0.2) is 9.50 Å². The molecule has 124 valence electrons. The van der Waals surface area contributed by atoms with Crippen molar-refractivity contribution in [2.24, 2.45) is 5.73 Å². The van der Waals surface area contributed by atoms with Crippen LogP contribution in [0.15, 0.2) is 18.5 Å². The average molecular weight is 338 g/mol. The number of primary amides is 1. The van der Waals surface area contributed by atoms with Gasteiger partial charge in [-0.3, -0.25) is 4.79 Å². The SMILES string of the molecule is CN(C)S(=O)(=O)N1CCCC1c1ccnc2c(C(N)=O)cnn12. The molecule has 0 bridgehead atoms. The van der Waals surface area contributed by atoms with Gasteiger partial charge >= 0.3 is 0 Å². The lowest BCUT2D eigenvalue weighted by molar-refractivity contribution is 0.100. The third-order valence-electron chi connectivity index (χ3n) is 4.00. The number of hydrogen-bond acceptors (Lipinski definition) is 5. The highest BCUT2D eigenvalue weighted by atomic mass is 32.2. The normalized spacial score (nSPS) is 19.7. The Morgan fingerprint density at radius 1 is 1.43 bits per heavy atom. The number of nitrogens with zero attached hydrogens (tertiary/aromatic N) is 5. The Kier molecular flexibility index (Phi) is 3.82. The van der Waals surface area contributed by atoms with E-state index >= 15 is 0 Å². The quantitative estimate of drug-likeness (QED) is 0.827. The van der Waals surface area contributed by atoms with Crippen LogP contribution in [0.5, 0.6) is 0 Å². The monoisotopic (exact) mass is 338 g/mol. The fraction of sp³-hybridized carbons (Fsp3) is 0.462. The topological polar surface area (TPSA) is 114 Å². The van der Waals surface area contributed by atoms with E-state index in [0.29, 0.717) is 24.3 Å². The van der Waals surface area contributed by atoms with Gasteiger partial charge in [0.25, 0.3) is 16.1 Å². The maximum Gasteiger partial charge on any atom is 0.282 e. The summed E-state index contributed by atoms with van der Waals surface area (Å²) >= 11 is 0. The molecule has 23 heavy (non-hydrogen) atoms. The van der Waals surface area contributed by atoms with E-state index in [1.165, 1.54) is 39.6 Å². The minimum Gasteiger partial charge on any atom is -0.365 e. The Morgan fingerprint density at radius 2 is 2.17 bits per heavy atom. The summed E-state index contributed by atoms with van der Waals surface area (Å²) in [4.78, 5) is 15.6. The molecule has 0 radical (unpaired) electrons. The number of carbonyl (C=O) groups is 1. The molecule has 1 amide bonds. The molecule has 1 unspecified atom stereocenters. The minimum absolute atomic E-state index is 0.215. The summed E-state index contributed by atoms with van der Waals surface area (Å²) in [5.41, 5.74) is 6.54. The summed E-state index contributed by atoms with van der Waals surface area (Å²) in [7, 11) is -0.527. The third-order valence-corrected chi connectivity index (χ3v) is 5.95. The standard InChI is InChI=1S/C13H18N6O3S/c1-17(2)23(21,22)18-7-3-4-10(18)11-5-6-15-13-9(12(14)20)8-16-19(11)13/h5-6,8,10H,3-4,7H2,1-2H3,(H2,14,20). The first-order chi connectivity index (χ1) is 10.8. The van der Waals surface area contributed by atoms with Crippen molar-refractivity contribution in [1.82, 2.24) is 23.2 Å². The van der Waals surface area contributed by atoms with E-state index in [9.17, 15) is 13.2 Å². The summed E-state index contributed by atoms with van der Waals surface area (Å²) < 4.78 is 29.1. The van der Waals surface area contributed by atoms with Gasteiger partial charge in [0.1, 0.15) is 5.56 Å². The molecule has 2 aromatic rings. The fourth-order valence-electron chi connectivity index (χ4n) is 2.86. The Balaban J connectivity index is 2.11. The van der Waals surface area contributed by atoms with Gasteiger partial charge in [0.15, 0.2) is 5.65 Å². The molecule has 9 nitrogen and oxygen atoms in total. The molecule has 1 aliphatic rings. The number of carbonyl (C=O) groups excluding carboxylic acids is 1. The third kappa shape index (κ3) is 2.48. The molecule has 1 aliphatic heterocycles. The van der Waals surface area contributed by atoms with E-state index in [-0.39, 0.29) is 11.6 Å². The second kappa shape index (κ2) is 5.55. The number of nitrogens with two attached hydrogens (primary N) is 1. The van der Waals surface area contributed by atoms with Crippen molar-refractivity contribution in [2.75, 3.05) is 20.6 Å². The van der Waals surface area contributed by atoms with Gasteiger partial charge in [0.05, 0.1) is 17.9 Å². The van der Waals surface area contributed by atoms with Crippen molar-refractivity contribution in [1.29, 1.82) is 0 Å². The van der Waals surface area contributed by atoms with Crippen LogP contribution in [0.3, 0.4) is 0 Å². The summed E-state index contributed by atoms with van der Waals surface area (Å²) in [5, 5.41) is 4.16. The fourth-order valence-corrected chi connectivity index (χ4v) is 4.17. The first kappa shape index (κ1) is 15.8. The number of rotatable bonds is 4. The molecule has 1 saturated heterocycles. The number of aromatic nitrogens is 3. The number of amides is 1. The lowest BCUT2D eigenvalue weighted by atomic mass is 10.1. The van der Waals surface area contributed by atoms with Crippen molar-refractivity contribution in [2.45, 2.75) is 18.9 Å². The summed E-state index contributed by atoms with van der Waals surface area (Å²) in [6, 6.07) is 1.37. The zero-order valence-corrected chi connectivity index (χ0v) is 13.7. The van der Waals surface area contributed by atoms with Gasteiger partial charge in [-0.05, 0) is 18.9 Å². The summed E-state index contributed by atoms with van der Waals surface area (Å²) in [5.74, 6) is -0.617. The highest BCUT2D eigenvalue weighted by molar-refractivity contribution is 7.86. The molecule has 0 saturated carbocycles. The minimum atomic E-state index is -3.54. The predicted octanol–water partition coefficient (Wildman–Crippen LogP) is -0.228. The Hall–Kier alpha value is -2.04. The van der Waals surface area contributed by atoms with Crippen molar-refractivity contribution >= 4 is 21.8 Å². The van der Waals surface area contributed by atoms with Crippen molar-refractivity contribution in [3.8, 4) is 0 Å². The average Bonchev–Trinajstić information content (AvgIpc) is 3.13. The molecule has 0 spiro atoms. The molecule has 0 aromatic carbocycles. The largest absolute Gasteiger partial charge is 0.365 e. The van der Waals surface area contributed by atoms with E-state index < -0.39 is 16.1 Å². The summed E-state index contributed by atoms with van der Waals surface area (Å²) in [6.07, 6.45) is 4.33. The lowest BCUT2D eigenvalue weighted by Crippen LogP contribution is -2.40. The van der Waals surface area contributed by atoms with Crippen LogP contribution in [0.1, 0.15) is 34.9 Å². The van der Waals surface area contributed by atoms with Crippen LogP contribution >= 0.6 is 0 Å². The predicted molar refractivity (Wildman–Crippen MR) is 82.8 cm³/mol. The molecule has 1 fully saturated rings. The molecular weight excluding hydrogens is 320 g/mol. The van der Waals surface area contributed by atoms with Crippen LogP contribution in [-0.4, -0.2) is 58.2 Å². The smallest absolute Gasteiger partial charge is 0.282 e. The van der Waals surface area contributed by atoms with E-state index in [1.54, 1.807) is 6.07 Å². The number of fused-ring (bicyclic) bond motifs is 1. The van der Waals surface area contributed by atoms with Crippen molar-refractivity contribution < 1.29 is 13.2 Å². The first-order valence-electron chi connectivity index (χ1n) is 7.15. The van der Waals surface area contributed by atoms with Crippen LogP contribution in [0, 0.1) is 0 Å². The molecule has 2 aromatic heterocycles. The zero-order valence-electron chi connectivity index (χ0n) is 12.9. The maximum absolute atomic E-state index is 12.5. The van der Waals surface area contributed by atoms with Crippen molar-refractivity contribution in [3.63, 3.8) is 0 Å². The van der Waals surface area contributed by atoms with Crippen LogP contribution in [-0.2, 0) is 10.2 Å². The molecule has 3 heterocycles. The Bertz CT molecular complexity index is 860. The molecule has 3 rings (SSSR count). The lowest BCUT2D eigenvalue weighted by Gasteiger charge is -2.27. The summed E-state index contributed by atoms with van der Waals surface area (Å²) in [6.45, 7) is 0.443. The molecule has 10 heteroatoms. The Morgan fingerprint density at radius 3 is 2.83 bits per heavy atom. The number of hydrogen-bond donors (Lipinski definition) is 1. The molecule has 1 atom stereocenters. The molecule has 0 aliphatic carbocycles. The Labute approximate surface area is 133 Å². The highest BCUT2D eigenvalue weighted by Gasteiger charge is 2.38. The van der Waals surface area contributed by atoms with Crippen LogP contribution < -0.4 is 5.73 Å². The maximum atomic E-state index is 12.5. The van der Waals surface area contributed by atoms with Gasteiger partial charge in [0.2, 0.25) is 0 Å². The van der Waals surface area contributed by atoms with Gasteiger partial charge < -0.3 is 5.73 Å². The zero-order chi connectivity index (χ0) is 16.8. The van der Waals surface area contributed by atoms with Crippen LogP contribution in [0.4, 0.5) is 0 Å². The van der Waals surface area contributed by atoms with Crippen LogP contribution in [0.25, 0.3) is 5.65 Å². The van der Waals surface area contributed by atoms with E-state index in [1.807, 2.05) is 0 Å². The van der Waals surface area contributed by atoms with E-state index in [4.69, 9.17) is 5.73 Å². The van der Waals surface area contributed by atoms with Crippen molar-refractivity contribution in [3.05, 3.63) is 29.7 Å². The van der Waals surface area contributed by atoms with Gasteiger partial charge in [0, 0.05) is 26.8 Å². The van der Waals surface area contributed by atoms with Crippen LogP contribution in [0.2, 0.25) is 0 Å². The van der Waals surface area contributed by atoms with Gasteiger partial charge in [-0.1, -0.05) is 0 Å². The van der Waals surface area contributed by atoms with E-state index in [0.717, 1.165) is 6.42 Å². The highest BCUT2D eigenvalue weighted by Crippen LogP contribution is 2.34.